The molecule has 0 heterocycles. The van der Waals surface area contributed by atoms with Gasteiger partial charge in [-0.1, -0.05) is 85.6 Å². The maximum atomic E-state index is 3.64. The number of rotatable bonds is 7. The molecule has 1 rings (SSSR count). The fraction of sp³-hybridized carbons (Fsp3) is 0.700. The van der Waals surface area contributed by atoms with Crippen molar-refractivity contribution in [2.75, 3.05) is 6.54 Å². The van der Waals surface area contributed by atoms with E-state index in [1.807, 2.05) is 0 Å². The van der Waals surface area contributed by atoms with Crippen LogP contribution in [0.25, 0.3) is 0 Å². The summed E-state index contributed by atoms with van der Waals surface area (Å²) in [5, 5.41) is 3.64. The first kappa shape index (κ1) is 18.2. The normalized spacial score (nSPS) is 14.0. The lowest BCUT2D eigenvalue weighted by atomic mass is 9.80. The van der Waals surface area contributed by atoms with Crippen molar-refractivity contribution in [2.24, 2.45) is 5.92 Å². The van der Waals surface area contributed by atoms with E-state index in [2.05, 4.69) is 78.0 Å². The molecule has 0 spiro atoms. The van der Waals surface area contributed by atoms with Crippen molar-refractivity contribution < 1.29 is 0 Å². The van der Waals surface area contributed by atoms with E-state index in [0.717, 1.165) is 12.5 Å². The Morgan fingerprint density at radius 1 is 0.952 bits per heavy atom. The van der Waals surface area contributed by atoms with Crippen molar-refractivity contribution in [2.45, 2.75) is 78.7 Å². The summed E-state index contributed by atoms with van der Waals surface area (Å²) in [6.07, 6.45) is 2.50. The minimum Gasteiger partial charge on any atom is -0.314 e. The highest BCUT2D eigenvalue weighted by Crippen LogP contribution is 2.31. The van der Waals surface area contributed by atoms with Crippen LogP contribution in [0.5, 0.6) is 0 Å². The lowest BCUT2D eigenvalue weighted by Crippen LogP contribution is -2.31. The topological polar surface area (TPSA) is 12.0 Å². The molecule has 1 aromatic carbocycles. The molecule has 0 saturated carbocycles. The van der Waals surface area contributed by atoms with Crippen LogP contribution in [-0.2, 0) is 5.41 Å². The zero-order valence-electron chi connectivity index (χ0n) is 15.2. The van der Waals surface area contributed by atoms with Crippen LogP contribution in [0.2, 0.25) is 0 Å². The Morgan fingerprint density at radius 3 is 1.86 bits per heavy atom. The van der Waals surface area contributed by atoms with Crippen LogP contribution in [-0.4, -0.2) is 12.6 Å². The summed E-state index contributed by atoms with van der Waals surface area (Å²) in [7, 11) is 0. The van der Waals surface area contributed by atoms with Gasteiger partial charge in [0.15, 0.2) is 0 Å². The van der Waals surface area contributed by atoms with Crippen LogP contribution in [0, 0.1) is 5.92 Å². The molecule has 0 amide bonds. The van der Waals surface area contributed by atoms with Crippen molar-refractivity contribution >= 4 is 0 Å². The van der Waals surface area contributed by atoms with Gasteiger partial charge < -0.3 is 5.32 Å². The first-order valence-corrected chi connectivity index (χ1v) is 8.63. The summed E-state index contributed by atoms with van der Waals surface area (Å²) in [5.74, 6) is 1.38. The van der Waals surface area contributed by atoms with E-state index in [0.29, 0.717) is 12.0 Å². The number of benzene rings is 1. The van der Waals surface area contributed by atoms with Crippen LogP contribution >= 0.6 is 0 Å². The highest BCUT2D eigenvalue weighted by molar-refractivity contribution is 5.30. The van der Waals surface area contributed by atoms with Gasteiger partial charge in [-0.25, -0.2) is 0 Å². The summed E-state index contributed by atoms with van der Waals surface area (Å²) < 4.78 is 0. The summed E-state index contributed by atoms with van der Waals surface area (Å²) in [6, 6.07) is 9.90. The second kappa shape index (κ2) is 7.98. The summed E-state index contributed by atoms with van der Waals surface area (Å²) in [4.78, 5) is 0. The fourth-order valence-electron chi connectivity index (χ4n) is 3.01. The molecule has 0 aliphatic carbocycles. The van der Waals surface area contributed by atoms with E-state index < -0.39 is 0 Å². The van der Waals surface area contributed by atoms with Crippen LogP contribution in [0.1, 0.15) is 78.4 Å². The van der Waals surface area contributed by atoms with Crippen molar-refractivity contribution in [3.63, 3.8) is 0 Å². The molecule has 1 unspecified atom stereocenters. The van der Waals surface area contributed by atoms with E-state index in [9.17, 15) is 0 Å². The third-order valence-electron chi connectivity index (χ3n) is 4.57. The third kappa shape index (κ3) is 5.47. The molecule has 0 saturated heterocycles. The van der Waals surface area contributed by atoms with Crippen molar-refractivity contribution in [3.05, 3.63) is 35.4 Å². The van der Waals surface area contributed by atoms with E-state index in [4.69, 9.17) is 0 Å². The van der Waals surface area contributed by atoms with Gasteiger partial charge in [-0.3, -0.25) is 0 Å². The molecule has 1 atom stereocenters. The third-order valence-corrected chi connectivity index (χ3v) is 4.57. The molecule has 0 aromatic heterocycles. The van der Waals surface area contributed by atoms with Gasteiger partial charge in [-0.15, -0.1) is 0 Å². The molecule has 1 nitrogen and oxygen atoms in total. The van der Waals surface area contributed by atoms with Gasteiger partial charge in [-0.05, 0) is 28.4 Å². The highest BCUT2D eigenvalue weighted by atomic mass is 14.9. The molecular weight excluding hydrogens is 254 g/mol. The Morgan fingerprint density at radius 2 is 1.48 bits per heavy atom. The Balaban J connectivity index is 2.96. The summed E-state index contributed by atoms with van der Waals surface area (Å²) >= 11 is 0. The van der Waals surface area contributed by atoms with Crippen LogP contribution in [0.3, 0.4) is 0 Å². The van der Waals surface area contributed by atoms with Gasteiger partial charge in [0.1, 0.15) is 0 Å². The number of hydrogen-bond donors (Lipinski definition) is 1. The minimum atomic E-state index is 0.235. The molecule has 1 aromatic rings. The maximum Gasteiger partial charge on any atom is 0.00251 e. The second-order valence-electron chi connectivity index (χ2n) is 7.62. The molecule has 0 bridgehead atoms. The van der Waals surface area contributed by atoms with Gasteiger partial charge >= 0.3 is 0 Å². The first-order chi connectivity index (χ1) is 9.79. The predicted molar refractivity (Wildman–Crippen MR) is 95.1 cm³/mol. The molecular formula is C20H35N. The van der Waals surface area contributed by atoms with Gasteiger partial charge in [0.05, 0.1) is 0 Å². The molecule has 0 radical (unpaired) electrons. The Bertz CT molecular complexity index is 393. The van der Waals surface area contributed by atoms with E-state index in [-0.39, 0.29) is 5.41 Å². The molecule has 1 N–H and O–H groups in total. The van der Waals surface area contributed by atoms with Gasteiger partial charge in [0.2, 0.25) is 0 Å². The molecule has 1 heteroatoms. The molecule has 120 valence electrons. The Labute approximate surface area is 132 Å². The lowest BCUT2D eigenvalue weighted by molar-refractivity contribution is 0.370. The standard InChI is InChI=1S/C20H35N/c1-8-16(9-2)19(14-21-15(3)4)17-10-12-18(13-11-17)20(5,6)7/h10-13,15-16,19,21H,8-9,14H2,1-7H3. The van der Waals surface area contributed by atoms with E-state index in [1.165, 1.54) is 24.0 Å². The Kier molecular flexibility index (Phi) is 6.93. The molecule has 0 fully saturated rings. The van der Waals surface area contributed by atoms with E-state index in [1.54, 1.807) is 0 Å². The maximum absolute atomic E-state index is 3.64. The van der Waals surface area contributed by atoms with Gasteiger partial charge in [0.25, 0.3) is 0 Å². The molecule has 21 heavy (non-hydrogen) atoms. The smallest absolute Gasteiger partial charge is 0.00251 e. The summed E-state index contributed by atoms with van der Waals surface area (Å²) in [6.45, 7) is 17.0. The average Bonchev–Trinajstić information content (AvgIpc) is 2.42. The Hall–Kier alpha value is -0.820. The zero-order valence-corrected chi connectivity index (χ0v) is 15.2. The van der Waals surface area contributed by atoms with Crippen molar-refractivity contribution in [3.8, 4) is 0 Å². The van der Waals surface area contributed by atoms with Gasteiger partial charge in [0, 0.05) is 12.6 Å². The molecule has 0 aliphatic heterocycles. The number of hydrogen-bond acceptors (Lipinski definition) is 1. The van der Waals surface area contributed by atoms with Crippen LogP contribution in [0.4, 0.5) is 0 Å². The fourth-order valence-corrected chi connectivity index (χ4v) is 3.01. The molecule has 0 aliphatic rings. The lowest BCUT2D eigenvalue weighted by Gasteiger charge is -2.28. The quantitative estimate of drug-likeness (QED) is 0.698. The van der Waals surface area contributed by atoms with Crippen LogP contribution in [0.15, 0.2) is 24.3 Å². The zero-order chi connectivity index (χ0) is 16.0. The van der Waals surface area contributed by atoms with Gasteiger partial charge in [-0.2, -0.15) is 0 Å². The SMILES string of the molecule is CCC(CC)C(CNC(C)C)c1ccc(C(C)(C)C)cc1. The van der Waals surface area contributed by atoms with Crippen molar-refractivity contribution in [1.29, 1.82) is 0 Å². The average molecular weight is 290 g/mol. The number of nitrogens with one attached hydrogen (secondary N) is 1. The predicted octanol–water partition coefficient (Wildman–Crippen LogP) is 5.50. The summed E-state index contributed by atoms with van der Waals surface area (Å²) in [5.41, 5.74) is 3.15. The van der Waals surface area contributed by atoms with Crippen molar-refractivity contribution in [1.82, 2.24) is 5.32 Å². The highest BCUT2D eigenvalue weighted by Gasteiger charge is 2.21. The largest absolute Gasteiger partial charge is 0.314 e. The van der Waals surface area contributed by atoms with Crippen LogP contribution < -0.4 is 5.32 Å². The second-order valence-corrected chi connectivity index (χ2v) is 7.62. The minimum absolute atomic E-state index is 0.235. The van der Waals surface area contributed by atoms with E-state index >= 15 is 0 Å². The monoisotopic (exact) mass is 289 g/mol. The first-order valence-electron chi connectivity index (χ1n) is 8.63.